The van der Waals surface area contributed by atoms with Crippen LogP contribution in [0.1, 0.15) is 99.8 Å². The van der Waals surface area contributed by atoms with Crippen molar-refractivity contribution in [3.05, 3.63) is 23.2 Å². The van der Waals surface area contributed by atoms with Crippen LogP contribution in [-0.2, 0) is 9.59 Å². The molecule has 0 heterocycles. The molecule has 5 aliphatic rings. The number of allylic oxidation sites excluding steroid dienone is 2. The first-order valence-corrected chi connectivity index (χ1v) is 14.5. The number of ketones is 2. The van der Waals surface area contributed by atoms with E-state index in [0.29, 0.717) is 12.2 Å². The average molecular weight is 510 g/mol. The van der Waals surface area contributed by atoms with Gasteiger partial charge in [0.05, 0.1) is 19.3 Å². The van der Waals surface area contributed by atoms with Crippen LogP contribution < -0.4 is 0 Å². The molecule has 0 bridgehead atoms. The molecule has 0 spiro atoms. The minimum Gasteiger partial charge on any atom is -0.394 e. The van der Waals surface area contributed by atoms with Crippen molar-refractivity contribution in [2.75, 3.05) is 6.61 Å². The van der Waals surface area contributed by atoms with E-state index in [1.165, 1.54) is 0 Å². The number of carbonyl (C=O) groups is 2. The molecule has 0 amide bonds. The number of fused-ring (bicyclic) bond motifs is 7. The minimum absolute atomic E-state index is 0.0512. The number of hydrogen-bond donors (Lipinski definition) is 2. The second-order valence-electron chi connectivity index (χ2n) is 15.6. The third kappa shape index (κ3) is 3.27. The number of Topliss-reactive ketones (excluding diaryl/α,β-unsaturated/α-hetero) is 2. The van der Waals surface area contributed by atoms with Gasteiger partial charge in [-0.25, -0.2) is 4.85 Å². The first-order chi connectivity index (χ1) is 17.0. The molecule has 5 nitrogen and oxygen atoms in total. The molecular formula is C32H47NO4. The van der Waals surface area contributed by atoms with Crippen molar-refractivity contribution in [2.45, 2.75) is 106 Å². The van der Waals surface area contributed by atoms with E-state index in [1.807, 2.05) is 19.9 Å². The fraction of sp³-hybridized carbons (Fsp3) is 0.844. The molecule has 3 unspecified atom stereocenters. The lowest BCUT2D eigenvalue weighted by molar-refractivity contribution is -0.236. The lowest BCUT2D eigenvalue weighted by atomic mass is 9.31. The first kappa shape index (κ1) is 27.1. The summed E-state index contributed by atoms with van der Waals surface area (Å²) in [5.41, 5.74) is -1.40. The van der Waals surface area contributed by atoms with Gasteiger partial charge in [0.15, 0.2) is 5.78 Å². The predicted molar refractivity (Wildman–Crippen MR) is 143 cm³/mol. The summed E-state index contributed by atoms with van der Waals surface area (Å²) < 4.78 is 0. The Morgan fingerprint density at radius 3 is 2.24 bits per heavy atom. The predicted octanol–water partition coefficient (Wildman–Crippen LogP) is 5.99. The molecule has 0 saturated heterocycles. The molecule has 0 radical (unpaired) electrons. The maximum atomic E-state index is 14.5. The number of carbonyl (C=O) groups excluding carboxylic acids is 2. The molecule has 4 saturated carbocycles. The van der Waals surface area contributed by atoms with Gasteiger partial charge >= 0.3 is 0 Å². The van der Waals surface area contributed by atoms with Crippen molar-refractivity contribution >= 4 is 11.6 Å². The molecule has 0 aromatic heterocycles. The number of hydrogen-bond acceptors (Lipinski definition) is 4. The average Bonchev–Trinajstić information content (AvgIpc) is 2.82. The van der Waals surface area contributed by atoms with E-state index in [0.717, 1.165) is 44.9 Å². The van der Waals surface area contributed by atoms with Crippen LogP contribution in [-0.4, -0.2) is 34.5 Å². The van der Waals surface area contributed by atoms with Gasteiger partial charge in [0.25, 0.3) is 0 Å². The van der Waals surface area contributed by atoms with Gasteiger partial charge in [-0.05, 0) is 84.4 Å². The summed E-state index contributed by atoms with van der Waals surface area (Å²) in [5.74, 6) is 0.360. The van der Waals surface area contributed by atoms with Crippen LogP contribution in [0.4, 0.5) is 0 Å². The summed E-state index contributed by atoms with van der Waals surface area (Å²) in [7, 11) is 0. The van der Waals surface area contributed by atoms with E-state index in [2.05, 4.69) is 39.5 Å². The van der Waals surface area contributed by atoms with E-state index >= 15 is 0 Å². The third-order valence-corrected chi connectivity index (χ3v) is 13.4. The van der Waals surface area contributed by atoms with Crippen LogP contribution >= 0.6 is 0 Å². The second kappa shape index (κ2) is 8.01. The molecule has 0 aliphatic heterocycles. The third-order valence-electron chi connectivity index (χ3n) is 13.4. The molecule has 0 aromatic carbocycles. The van der Waals surface area contributed by atoms with E-state index in [4.69, 9.17) is 6.57 Å². The number of aliphatic hydroxyl groups is 2. The van der Waals surface area contributed by atoms with Gasteiger partial charge in [0.1, 0.15) is 5.78 Å². The number of nitrogens with zero attached hydrogens (tertiary/aromatic N) is 1. The van der Waals surface area contributed by atoms with Crippen LogP contribution in [0.15, 0.2) is 11.8 Å². The van der Waals surface area contributed by atoms with Gasteiger partial charge in [-0.2, -0.15) is 0 Å². The van der Waals surface area contributed by atoms with Crippen molar-refractivity contribution in [3.63, 3.8) is 0 Å². The van der Waals surface area contributed by atoms with Crippen LogP contribution in [0.3, 0.4) is 0 Å². The standard InChI is InChI=1S/C32H47NO4/c1-27(2)11-13-32(24(36)18-34)14-12-31(7)25(19(32)16-27)21(35)15-23-29(5)17-20(33-8)26(37)28(3,4)22(29)9-10-30(23,31)6/h17,19,22-25,34,36H,9-16,18H2,1-7H3/t19?,22-,23+,24?,25?,29-,30+,31+,32-/m0/s1. The zero-order valence-electron chi connectivity index (χ0n) is 24.0. The topological polar surface area (TPSA) is 79.0 Å². The van der Waals surface area contributed by atoms with Gasteiger partial charge in [-0.15, -0.1) is 0 Å². The molecule has 4 fully saturated rings. The summed E-state index contributed by atoms with van der Waals surface area (Å²) in [6.07, 6.45) is 8.01. The summed E-state index contributed by atoms with van der Waals surface area (Å²) in [6.45, 7) is 23.1. The smallest absolute Gasteiger partial charge is 0.226 e. The summed E-state index contributed by atoms with van der Waals surface area (Å²) in [6, 6.07) is 0. The van der Waals surface area contributed by atoms with Gasteiger partial charge in [0, 0.05) is 23.2 Å². The molecule has 5 heteroatoms. The van der Waals surface area contributed by atoms with E-state index in [-0.39, 0.29) is 63.4 Å². The maximum absolute atomic E-state index is 14.5. The zero-order valence-corrected chi connectivity index (χ0v) is 24.0. The van der Waals surface area contributed by atoms with E-state index < -0.39 is 16.9 Å². The van der Waals surface area contributed by atoms with Crippen molar-refractivity contribution in [2.24, 2.45) is 56.2 Å². The van der Waals surface area contributed by atoms with E-state index in [1.54, 1.807) is 0 Å². The molecule has 204 valence electrons. The Bertz CT molecular complexity index is 1100. The fourth-order valence-electron chi connectivity index (χ4n) is 11.1. The lowest BCUT2D eigenvalue weighted by Gasteiger charge is -2.72. The summed E-state index contributed by atoms with van der Waals surface area (Å²) in [4.78, 5) is 31.3. The highest BCUT2D eigenvalue weighted by molar-refractivity contribution is 6.02. The van der Waals surface area contributed by atoms with Crippen molar-refractivity contribution in [1.82, 2.24) is 0 Å². The molecule has 0 aromatic rings. The van der Waals surface area contributed by atoms with Crippen LogP contribution in [0, 0.1) is 62.7 Å². The highest BCUT2D eigenvalue weighted by Crippen LogP contribution is 2.76. The van der Waals surface area contributed by atoms with Gasteiger partial charge in [-0.1, -0.05) is 54.5 Å². The number of rotatable bonds is 2. The molecule has 5 rings (SSSR count). The van der Waals surface area contributed by atoms with Gasteiger partial charge in [-0.3, -0.25) is 4.79 Å². The van der Waals surface area contributed by atoms with Crippen molar-refractivity contribution in [1.29, 1.82) is 0 Å². The molecule has 9 atom stereocenters. The lowest BCUT2D eigenvalue weighted by Crippen LogP contribution is -2.69. The Kier molecular flexibility index (Phi) is 5.86. The Balaban J connectivity index is 1.64. The highest BCUT2D eigenvalue weighted by atomic mass is 16.3. The van der Waals surface area contributed by atoms with Crippen LogP contribution in [0.25, 0.3) is 4.85 Å². The van der Waals surface area contributed by atoms with Crippen LogP contribution in [0.2, 0.25) is 0 Å². The quantitative estimate of drug-likeness (QED) is 0.448. The Morgan fingerprint density at radius 2 is 1.62 bits per heavy atom. The summed E-state index contributed by atoms with van der Waals surface area (Å²) in [5, 5.41) is 21.3. The second-order valence-corrected chi connectivity index (χ2v) is 15.6. The highest BCUT2D eigenvalue weighted by Gasteiger charge is 2.72. The monoisotopic (exact) mass is 509 g/mol. The molecule has 37 heavy (non-hydrogen) atoms. The van der Waals surface area contributed by atoms with Crippen molar-refractivity contribution < 1.29 is 19.8 Å². The fourth-order valence-corrected chi connectivity index (χ4v) is 11.1. The molecule has 2 N–H and O–H groups in total. The Labute approximate surface area is 223 Å². The normalized spacial score (nSPS) is 48.9. The molecular weight excluding hydrogens is 462 g/mol. The first-order valence-electron chi connectivity index (χ1n) is 14.5. The molecule has 5 aliphatic carbocycles. The SMILES string of the molecule is [C-]#[N+]C1=C[C@]2(C)[C@H]3CC(=O)C4C5CC(C)(C)CC[C@]5(C(O)CO)CC[C@@]4(C)[C@]3(C)CC[C@H]2C(C)(C)C1=O. The summed E-state index contributed by atoms with van der Waals surface area (Å²) >= 11 is 0. The Morgan fingerprint density at radius 1 is 0.973 bits per heavy atom. The maximum Gasteiger partial charge on any atom is 0.226 e. The van der Waals surface area contributed by atoms with Gasteiger partial charge < -0.3 is 15.0 Å². The largest absolute Gasteiger partial charge is 0.394 e. The van der Waals surface area contributed by atoms with Crippen LogP contribution in [0.5, 0.6) is 0 Å². The minimum atomic E-state index is -0.793. The van der Waals surface area contributed by atoms with Gasteiger partial charge in [0.2, 0.25) is 5.70 Å². The Hall–Kier alpha value is -1.51. The zero-order chi connectivity index (χ0) is 27.4. The number of aliphatic hydroxyl groups excluding tert-OH is 2. The van der Waals surface area contributed by atoms with E-state index in [9.17, 15) is 19.8 Å². The van der Waals surface area contributed by atoms with Crippen molar-refractivity contribution in [3.8, 4) is 0 Å².